The van der Waals surface area contributed by atoms with Crippen LogP contribution in [0.4, 0.5) is 5.69 Å². The Morgan fingerprint density at radius 2 is 2.09 bits per heavy atom. The SMILES string of the molecule is CC(C)OCCN1C(=O)C(=O)/C(=C(\O)c2ccc3c(c2)N(C)CCO3)C1c1ccccn1. The molecule has 1 aromatic carbocycles. The molecule has 4 rings (SSSR count). The number of rotatable bonds is 6. The van der Waals surface area contributed by atoms with Crippen LogP contribution in [0.1, 0.15) is 31.1 Å². The molecule has 168 valence electrons. The highest BCUT2D eigenvalue weighted by molar-refractivity contribution is 6.46. The zero-order valence-corrected chi connectivity index (χ0v) is 18.4. The van der Waals surface area contributed by atoms with Crippen LogP contribution in [-0.4, -0.2) is 66.1 Å². The predicted octanol–water partition coefficient (Wildman–Crippen LogP) is 2.76. The van der Waals surface area contributed by atoms with E-state index < -0.39 is 17.7 Å². The van der Waals surface area contributed by atoms with Crippen molar-refractivity contribution in [2.45, 2.75) is 26.0 Å². The molecule has 1 fully saturated rings. The van der Waals surface area contributed by atoms with Crippen LogP contribution in [-0.2, 0) is 14.3 Å². The number of aliphatic hydroxyl groups excluding tert-OH is 1. The van der Waals surface area contributed by atoms with Crippen molar-refractivity contribution < 1.29 is 24.2 Å². The number of benzene rings is 1. The molecule has 8 heteroatoms. The molecule has 8 nitrogen and oxygen atoms in total. The fraction of sp³-hybridized carbons (Fsp3) is 0.375. The first-order valence-electron chi connectivity index (χ1n) is 10.7. The van der Waals surface area contributed by atoms with Gasteiger partial charge >= 0.3 is 0 Å². The van der Waals surface area contributed by atoms with E-state index in [0.29, 0.717) is 30.2 Å². The van der Waals surface area contributed by atoms with Crippen molar-refractivity contribution in [2.24, 2.45) is 0 Å². The van der Waals surface area contributed by atoms with E-state index in [9.17, 15) is 14.7 Å². The summed E-state index contributed by atoms with van der Waals surface area (Å²) in [5, 5.41) is 11.2. The third-order valence-corrected chi connectivity index (χ3v) is 5.62. The lowest BCUT2D eigenvalue weighted by molar-refractivity contribution is -0.140. The van der Waals surface area contributed by atoms with E-state index in [1.54, 1.807) is 42.6 Å². The van der Waals surface area contributed by atoms with Crippen molar-refractivity contribution in [3.63, 3.8) is 0 Å². The van der Waals surface area contributed by atoms with Gasteiger partial charge in [-0.2, -0.15) is 0 Å². The Hall–Kier alpha value is -3.39. The number of nitrogens with zero attached hydrogens (tertiary/aromatic N) is 3. The fourth-order valence-electron chi connectivity index (χ4n) is 4.00. The Labute approximate surface area is 187 Å². The van der Waals surface area contributed by atoms with Crippen LogP contribution in [0.5, 0.6) is 5.75 Å². The number of Topliss-reactive ketones (excluding diaryl/α,β-unsaturated/α-hetero) is 1. The number of likely N-dealkylation sites (N-methyl/N-ethyl adjacent to an activating group) is 1. The molecule has 1 atom stereocenters. The number of hydrogen-bond donors (Lipinski definition) is 1. The van der Waals surface area contributed by atoms with Gasteiger partial charge in [0.2, 0.25) is 0 Å². The number of ketones is 1. The molecule has 0 radical (unpaired) electrons. The minimum absolute atomic E-state index is 0.00479. The van der Waals surface area contributed by atoms with Crippen LogP contribution in [0.15, 0.2) is 48.2 Å². The number of fused-ring (bicyclic) bond motifs is 1. The summed E-state index contributed by atoms with van der Waals surface area (Å²) in [6, 6.07) is 9.73. The van der Waals surface area contributed by atoms with Crippen LogP contribution in [0.25, 0.3) is 5.76 Å². The molecule has 0 bridgehead atoms. The van der Waals surface area contributed by atoms with Crippen molar-refractivity contribution in [3.05, 3.63) is 59.4 Å². The highest BCUT2D eigenvalue weighted by Gasteiger charge is 2.46. The standard InChI is InChI=1S/C24H27N3O5/c1-15(2)31-13-11-27-21(17-6-4-5-9-25-17)20(23(29)24(27)30)22(28)16-7-8-19-18(14-16)26(3)10-12-32-19/h4-9,14-15,21,28H,10-13H2,1-3H3/b22-20-. The second-order valence-electron chi connectivity index (χ2n) is 8.12. The van der Waals surface area contributed by atoms with E-state index in [-0.39, 0.29) is 30.6 Å². The lowest BCUT2D eigenvalue weighted by Gasteiger charge is -2.28. The highest BCUT2D eigenvalue weighted by atomic mass is 16.5. The van der Waals surface area contributed by atoms with Crippen LogP contribution in [0.2, 0.25) is 0 Å². The average Bonchev–Trinajstić information content (AvgIpc) is 3.04. The number of hydrogen-bond acceptors (Lipinski definition) is 7. The van der Waals surface area contributed by atoms with Gasteiger partial charge in [0.05, 0.1) is 36.2 Å². The monoisotopic (exact) mass is 437 g/mol. The van der Waals surface area contributed by atoms with Crippen LogP contribution in [0.3, 0.4) is 0 Å². The molecule has 1 saturated heterocycles. The number of aromatic nitrogens is 1. The van der Waals surface area contributed by atoms with E-state index >= 15 is 0 Å². The molecule has 2 aliphatic heterocycles. The average molecular weight is 437 g/mol. The van der Waals surface area contributed by atoms with E-state index in [1.165, 1.54) is 4.90 Å². The first-order valence-corrected chi connectivity index (χ1v) is 10.7. The van der Waals surface area contributed by atoms with Crippen molar-refractivity contribution in [2.75, 3.05) is 38.3 Å². The zero-order chi connectivity index (χ0) is 22.8. The molecule has 2 aromatic rings. The summed E-state index contributed by atoms with van der Waals surface area (Å²) >= 11 is 0. The molecule has 1 unspecified atom stereocenters. The normalized spacial score (nSPS) is 19.9. The Morgan fingerprint density at radius 1 is 1.28 bits per heavy atom. The summed E-state index contributed by atoms with van der Waals surface area (Å²) in [5.74, 6) is -0.922. The number of carbonyl (C=O) groups is 2. The smallest absolute Gasteiger partial charge is 0.295 e. The quantitative estimate of drug-likeness (QED) is 0.422. The topological polar surface area (TPSA) is 92.2 Å². The molecule has 1 N–H and O–H groups in total. The maximum absolute atomic E-state index is 13.1. The van der Waals surface area contributed by atoms with Gasteiger partial charge < -0.3 is 24.4 Å². The minimum atomic E-state index is -0.794. The van der Waals surface area contributed by atoms with Gasteiger partial charge in [-0.1, -0.05) is 6.07 Å². The molecule has 1 amide bonds. The molecule has 32 heavy (non-hydrogen) atoms. The molecular formula is C24H27N3O5. The molecular weight excluding hydrogens is 410 g/mol. The number of ether oxygens (including phenoxy) is 2. The number of aliphatic hydroxyl groups is 1. The number of carbonyl (C=O) groups excluding carboxylic acids is 2. The van der Waals surface area contributed by atoms with Gasteiger partial charge in [0.15, 0.2) is 0 Å². The van der Waals surface area contributed by atoms with Gasteiger partial charge in [-0.15, -0.1) is 0 Å². The van der Waals surface area contributed by atoms with Crippen molar-refractivity contribution in [1.29, 1.82) is 0 Å². The van der Waals surface area contributed by atoms with Gasteiger partial charge in [-0.25, -0.2) is 0 Å². The lowest BCUT2D eigenvalue weighted by Crippen LogP contribution is -2.33. The fourth-order valence-corrected chi connectivity index (χ4v) is 4.00. The second kappa shape index (κ2) is 9.00. The molecule has 0 aliphatic carbocycles. The predicted molar refractivity (Wildman–Crippen MR) is 120 cm³/mol. The third-order valence-electron chi connectivity index (χ3n) is 5.62. The summed E-state index contributed by atoms with van der Waals surface area (Å²) in [4.78, 5) is 33.8. The molecule has 2 aliphatic rings. The summed E-state index contributed by atoms with van der Waals surface area (Å²) in [5.41, 5.74) is 1.79. The van der Waals surface area contributed by atoms with Crippen LogP contribution < -0.4 is 9.64 Å². The van der Waals surface area contributed by atoms with E-state index in [4.69, 9.17) is 9.47 Å². The third kappa shape index (κ3) is 4.05. The maximum atomic E-state index is 13.1. The first kappa shape index (κ1) is 21.8. The van der Waals surface area contributed by atoms with Crippen molar-refractivity contribution in [3.8, 4) is 5.75 Å². The van der Waals surface area contributed by atoms with Gasteiger partial charge in [0, 0.05) is 25.4 Å². The van der Waals surface area contributed by atoms with Crippen molar-refractivity contribution in [1.82, 2.24) is 9.88 Å². The maximum Gasteiger partial charge on any atom is 0.295 e. The number of pyridine rings is 1. The van der Waals surface area contributed by atoms with Gasteiger partial charge in [0.1, 0.15) is 24.2 Å². The van der Waals surface area contributed by atoms with Crippen LogP contribution >= 0.6 is 0 Å². The van der Waals surface area contributed by atoms with Gasteiger partial charge in [-0.3, -0.25) is 14.6 Å². The Morgan fingerprint density at radius 3 is 2.81 bits per heavy atom. The number of amides is 1. The first-order chi connectivity index (χ1) is 15.4. The second-order valence-corrected chi connectivity index (χ2v) is 8.12. The molecule has 3 heterocycles. The van der Waals surface area contributed by atoms with Gasteiger partial charge in [0.25, 0.3) is 11.7 Å². The largest absolute Gasteiger partial charge is 0.507 e. The minimum Gasteiger partial charge on any atom is -0.507 e. The highest BCUT2D eigenvalue weighted by Crippen LogP contribution is 2.40. The molecule has 0 spiro atoms. The summed E-state index contributed by atoms with van der Waals surface area (Å²) in [6.07, 6.45) is 1.60. The summed E-state index contributed by atoms with van der Waals surface area (Å²) in [7, 11) is 1.94. The Bertz CT molecular complexity index is 1050. The van der Waals surface area contributed by atoms with E-state index in [0.717, 1.165) is 5.69 Å². The Kier molecular flexibility index (Phi) is 6.14. The van der Waals surface area contributed by atoms with E-state index in [2.05, 4.69) is 4.98 Å². The lowest BCUT2D eigenvalue weighted by atomic mass is 9.97. The van der Waals surface area contributed by atoms with Crippen molar-refractivity contribution >= 4 is 23.1 Å². The number of anilines is 1. The molecule has 0 saturated carbocycles. The summed E-state index contributed by atoms with van der Waals surface area (Å²) in [6.45, 7) is 5.59. The molecule has 1 aromatic heterocycles. The number of likely N-dealkylation sites (tertiary alicyclic amines) is 1. The van der Waals surface area contributed by atoms with E-state index in [1.807, 2.05) is 25.8 Å². The Balaban J connectivity index is 1.78. The summed E-state index contributed by atoms with van der Waals surface area (Å²) < 4.78 is 11.3. The van der Waals surface area contributed by atoms with Crippen LogP contribution in [0, 0.1) is 0 Å². The van der Waals surface area contributed by atoms with Gasteiger partial charge in [-0.05, 0) is 44.2 Å². The zero-order valence-electron chi connectivity index (χ0n) is 18.4.